The molecule has 0 aliphatic carbocycles. The smallest absolute Gasteiger partial charge is 0.426 e. The zero-order valence-corrected chi connectivity index (χ0v) is 8.45. The second-order valence-corrected chi connectivity index (χ2v) is 3.46. The first kappa shape index (κ1) is 13.2. The molecule has 0 saturated carbocycles. The summed E-state index contributed by atoms with van der Waals surface area (Å²) in [5.74, 6) is -0.822. The zero-order chi connectivity index (χ0) is 13.4. The van der Waals surface area contributed by atoms with Crippen LogP contribution in [0.4, 0.5) is 23.2 Å². The second kappa shape index (κ2) is 3.86. The standard InChI is InChI=1S/C9H7F4NO3/c1-8(10,9(11,12)13)5-2-3-7(15)6(4-5)14(16)17/h2-4,15H,1H3. The van der Waals surface area contributed by atoms with E-state index < -0.39 is 33.8 Å². The average Bonchev–Trinajstić information content (AvgIpc) is 2.15. The molecule has 0 spiro atoms. The maximum Gasteiger partial charge on any atom is 0.426 e. The minimum Gasteiger partial charge on any atom is -0.502 e. The molecular weight excluding hydrogens is 246 g/mol. The van der Waals surface area contributed by atoms with Gasteiger partial charge in [0, 0.05) is 11.6 Å². The van der Waals surface area contributed by atoms with E-state index >= 15 is 0 Å². The van der Waals surface area contributed by atoms with Gasteiger partial charge in [-0.15, -0.1) is 0 Å². The van der Waals surface area contributed by atoms with Gasteiger partial charge in [-0.1, -0.05) is 6.07 Å². The number of nitrogens with zero attached hydrogens (tertiary/aromatic N) is 1. The number of nitro benzene ring substituents is 1. The third-order valence-electron chi connectivity index (χ3n) is 2.25. The molecule has 0 saturated heterocycles. The number of hydrogen-bond acceptors (Lipinski definition) is 3. The van der Waals surface area contributed by atoms with E-state index in [4.69, 9.17) is 5.11 Å². The predicted octanol–water partition coefficient (Wildman–Crippen LogP) is 3.05. The molecule has 1 aromatic rings. The van der Waals surface area contributed by atoms with Gasteiger partial charge in [0.25, 0.3) is 0 Å². The molecule has 1 unspecified atom stereocenters. The first-order valence-electron chi connectivity index (χ1n) is 4.31. The Kier molecular flexibility index (Phi) is 3.00. The molecule has 0 amide bonds. The molecule has 0 aromatic heterocycles. The molecule has 1 rings (SSSR count). The van der Waals surface area contributed by atoms with Crippen molar-refractivity contribution < 1.29 is 27.6 Å². The number of halogens is 4. The number of phenolic OH excluding ortho intramolecular Hbond substituents is 1. The summed E-state index contributed by atoms with van der Waals surface area (Å²) in [7, 11) is 0. The van der Waals surface area contributed by atoms with Gasteiger partial charge in [-0.05, 0) is 13.0 Å². The summed E-state index contributed by atoms with van der Waals surface area (Å²) in [6, 6.07) is 1.66. The first-order valence-corrected chi connectivity index (χ1v) is 4.31. The van der Waals surface area contributed by atoms with Crippen LogP contribution in [0.25, 0.3) is 0 Å². The SMILES string of the molecule is CC(F)(c1ccc(O)c([N+](=O)[O-])c1)C(F)(F)F. The molecule has 1 aromatic carbocycles. The number of benzene rings is 1. The van der Waals surface area contributed by atoms with E-state index in [1.807, 2.05) is 0 Å². The van der Waals surface area contributed by atoms with Crippen molar-refractivity contribution in [2.75, 3.05) is 0 Å². The Morgan fingerprint density at radius 2 is 1.82 bits per heavy atom. The van der Waals surface area contributed by atoms with Crippen molar-refractivity contribution in [1.82, 2.24) is 0 Å². The first-order chi connectivity index (χ1) is 7.57. The van der Waals surface area contributed by atoms with Crippen molar-refractivity contribution in [2.24, 2.45) is 0 Å². The molecule has 1 N–H and O–H groups in total. The van der Waals surface area contributed by atoms with E-state index in [-0.39, 0.29) is 6.92 Å². The van der Waals surface area contributed by atoms with Crippen LogP contribution in [0.5, 0.6) is 5.75 Å². The van der Waals surface area contributed by atoms with Crippen LogP contribution in [-0.4, -0.2) is 16.2 Å². The van der Waals surface area contributed by atoms with Gasteiger partial charge in [0.05, 0.1) is 4.92 Å². The maximum absolute atomic E-state index is 13.5. The van der Waals surface area contributed by atoms with Crippen LogP contribution in [-0.2, 0) is 5.67 Å². The zero-order valence-electron chi connectivity index (χ0n) is 8.45. The third kappa shape index (κ3) is 2.29. The molecule has 8 heteroatoms. The van der Waals surface area contributed by atoms with Gasteiger partial charge in [-0.2, -0.15) is 13.2 Å². The molecule has 0 heterocycles. The van der Waals surface area contributed by atoms with Crippen molar-refractivity contribution in [3.63, 3.8) is 0 Å². The van der Waals surface area contributed by atoms with E-state index in [9.17, 15) is 27.7 Å². The lowest BCUT2D eigenvalue weighted by atomic mass is 9.96. The van der Waals surface area contributed by atoms with Gasteiger partial charge in [-0.3, -0.25) is 10.1 Å². The Bertz CT molecular complexity index is 456. The highest BCUT2D eigenvalue weighted by atomic mass is 19.4. The quantitative estimate of drug-likeness (QED) is 0.500. The fourth-order valence-electron chi connectivity index (χ4n) is 1.13. The van der Waals surface area contributed by atoms with E-state index in [0.717, 1.165) is 0 Å². The van der Waals surface area contributed by atoms with Gasteiger partial charge in [0.15, 0.2) is 5.75 Å². The lowest BCUT2D eigenvalue weighted by molar-refractivity contribution is -0.386. The van der Waals surface area contributed by atoms with Crippen molar-refractivity contribution in [3.8, 4) is 5.75 Å². The molecule has 0 aliphatic heterocycles. The summed E-state index contributed by atoms with van der Waals surface area (Å²) in [6.07, 6.45) is -5.20. The molecule has 94 valence electrons. The fourth-order valence-corrected chi connectivity index (χ4v) is 1.13. The molecule has 0 bridgehead atoms. The van der Waals surface area contributed by atoms with Gasteiger partial charge < -0.3 is 5.11 Å². The second-order valence-electron chi connectivity index (χ2n) is 3.46. The lowest BCUT2D eigenvalue weighted by Crippen LogP contribution is -2.34. The molecule has 0 fully saturated rings. The summed E-state index contributed by atoms with van der Waals surface area (Å²) in [5, 5.41) is 19.4. The molecular formula is C9H7F4NO3. The number of aromatic hydroxyl groups is 1. The van der Waals surface area contributed by atoms with Crippen molar-refractivity contribution >= 4 is 5.69 Å². The summed E-state index contributed by atoms with van der Waals surface area (Å²) in [5.41, 5.74) is -5.63. The Morgan fingerprint density at radius 1 is 1.29 bits per heavy atom. The Labute approximate surface area is 92.6 Å². The largest absolute Gasteiger partial charge is 0.502 e. The van der Waals surface area contributed by atoms with E-state index in [2.05, 4.69) is 0 Å². The summed E-state index contributed by atoms with van der Waals surface area (Å²) in [6.45, 7) is 0.253. The van der Waals surface area contributed by atoms with Crippen LogP contribution in [0.15, 0.2) is 18.2 Å². The lowest BCUT2D eigenvalue weighted by Gasteiger charge is -2.23. The molecule has 4 nitrogen and oxygen atoms in total. The van der Waals surface area contributed by atoms with Crippen LogP contribution < -0.4 is 0 Å². The fraction of sp³-hybridized carbons (Fsp3) is 0.333. The molecule has 1 atom stereocenters. The van der Waals surface area contributed by atoms with E-state index in [1.165, 1.54) is 0 Å². The molecule has 0 aliphatic rings. The molecule has 17 heavy (non-hydrogen) atoms. The number of nitro groups is 1. The highest BCUT2D eigenvalue weighted by Crippen LogP contribution is 2.43. The minimum absolute atomic E-state index is 0.253. The third-order valence-corrected chi connectivity index (χ3v) is 2.25. The van der Waals surface area contributed by atoms with Gasteiger partial charge >= 0.3 is 11.9 Å². The van der Waals surface area contributed by atoms with Gasteiger partial charge in [0.1, 0.15) is 0 Å². The number of phenols is 1. The Morgan fingerprint density at radius 3 is 2.24 bits per heavy atom. The minimum atomic E-state index is -5.20. The van der Waals surface area contributed by atoms with Crippen molar-refractivity contribution in [1.29, 1.82) is 0 Å². The summed E-state index contributed by atoms with van der Waals surface area (Å²) < 4.78 is 50.5. The Balaban J connectivity index is 3.35. The highest BCUT2D eigenvalue weighted by Gasteiger charge is 2.53. The summed E-state index contributed by atoms with van der Waals surface area (Å²) in [4.78, 5) is 9.30. The van der Waals surface area contributed by atoms with E-state index in [1.54, 1.807) is 0 Å². The number of hydrogen-bond donors (Lipinski definition) is 1. The highest BCUT2D eigenvalue weighted by molar-refractivity contribution is 5.49. The van der Waals surface area contributed by atoms with Crippen LogP contribution in [0.1, 0.15) is 12.5 Å². The predicted molar refractivity (Wildman–Crippen MR) is 49.3 cm³/mol. The normalized spacial score (nSPS) is 15.4. The van der Waals surface area contributed by atoms with Crippen molar-refractivity contribution in [3.05, 3.63) is 33.9 Å². The number of rotatable bonds is 2. The van der Waals surface area contributed by atoms with Gasteiger partial charge in [-0.25, -0.2) is 4.39 Å². The average molecular weight is 253 g/mol. The number of alkyl halides is 4. The van der Waals surface area contributed by atoms with Gasteiger partial charge in [0.2, 0.25) is 5.67 Å². The topological polar surface area (TPSA) is 63.4 Å². The van der Waals surface area contributed by atoms with Crippen molar-refractivity contribution in [2.45, 2.75) is 18.8 Å². The van der Waals surface area contributed by atoms with Crippen LogP contribution in [0.2, 0.25) is 0 Å². The van der Waals surface area contributed by atoms with Crippen LogP contribution >= 0.6 is 0 Å². The van der Waals surface area contributed by atoms with Crippen LogP contribution in [0, 0.1) is 10.1 Å². The summed E-state index contributed by atoms with van der Waals surface area (Å²) >= 11 is 0. The Hall–Kier alpha value is -1.86. The van der Waals surface area contributed by atoms with E-state index in [0.29, 0.717) is 18.2 Å². The van der Waals surface area contributed by atoms with Crippen LogP contribution in [0.3, 0.4) is 0 Å². The molecule has 0 radical (unpaired) electrons. The monoisotopic (exact) mass is 253 g/mol. The maximum atomic E-state index is 13.5.